The van der Waals surface area contributed by atoms with E-state index in [1.54, 1.807) is 18.2 Å². The van der Waals surface area contributed by atoms with E-state index < -0.39 is 0 Å². The normalized spacial score (nSPS) is 24.2. The van der Waals surface area contributed by atoms with Crippen LogP contribution in [0.3, 0.4) is 0 Å². The Hall–Kier alpha value is -2.19. The summed E-state index contributed by atoms with van der Waals surface area (Å²) in [5.41, 5.74) is 1.08. The molecule has 8 nitrogen and oxygen atoms in total. The van der Waals surface area contributed by atoms with Crippen LogP contribution in [0.5, 0.6) is 5.88 Å². The van der Waals surface area contributed by atoms with Crippen LogP contribution in [0.2, 0.25) is 0 Å². The fourth-order valence-electron chi connectivity index (χ4n) is 4.16. The van der Waals surface area contributed by atoms with E-state index in [2.05, 4.69) is 22.2 Å². The lowest BCUT2D eigenvalue weighted by atomic mass is 9.95. The molecule has 1 aromatic rings. The van der Waals surface area contributed by atoms with E-state index in [1.165, 1.54) is 0 Å². The van der Waals surface area contributed by atoms with Gasteiger partial charge < -0.3 is 24.8 Å². The average molecular weight is 418 g/mol. The molecular formula is C22H35N5O3. The molecule has 2 atom stereocenters. The first-order chi connectivity index (χ1) is 14.5. The third-order valence-corrected chi connectivity index (χ3v) is 6.21. The van der Waals surface area contributed by atoms with Gasteiger partial charge in [-0.3, -0.25) is 9.59 Å². The Balaban J connectivity index is 1.56. The van der Waals surface area contributed by atoms with Gasteiger partial charge in [0.05, 0.1) is 7.11 Å². The Morgan fingerprint density at radius 1 is 1.20 bits per heavy atom. The minimum atomic E-state index is -0.201. The van der Waals surface area contributed by atoms with Crippen molar-refractivity contribution in [2.24, 2.45) is 5.92 Å². The van der Waals surface area contributed by atoms with Crippen molar-refractivity contribution in [3.05, 3.63) is 23.9 Å². The largest absolute Gasteiger partial charge is 0.481 e. The molecule has 0 radical (unpaired) electrons. The van der Waals surface area contributed by atoms with Crippen LogP contribution in [-0.4, -0.2) is 91.5 Å². The molecule has 2 fully saturated rings. The summed E-state index contributed by atoms with van der Waals surface area (Å²) >= 11 is 0. The predicted octanol–water partition coefficient (Wildman–Crippen LogP) is 0.971. The topological polar surface area (TPSA) is 78.0 Å². The SMILES string of the molecule is COc1ccc(CN[C@@H]2CCC[C@@H](C(=O)N3CCN(C)CC3)CC(=O)N(C)C2)cn1. The second-order valence-electron chi connectivity index (χ2n) is 8.52. The lowest BCUT2D eigenvalue weighted by molar-refractivity contribution is -0.142. The van der Waals surface area contributed by atoms with Crippen molar-refractivity contribution in [1.29, 1.82) is 0 Å². The summed E-state index contributed by atoms with van der Waals surface area (Å²) < 4.78 is 5.10. The highest BCUT2D eigenvalue weighted by molar-refractivity contribution is 5.86. The van der Waals surface area contributed by atoms with Crippen molar-refractivity contribution in [2.75, 3.05) is 53.9 Å². The molecule has 2 amide bonds. The van der Waals surface area contributed by atoms with Crippen LogP contribution in [0.1, 0.15) is 31.2 Å². The van der Waals surface area contributed by atoms with Gasteiger partial charge in [0.15, 0.2) is 0 Å². The van der Waals surface area contributed by atoms with Gasteiger partial charge in [-0.2, -0.15) is 0 Å². The Morgan fingerprint density at radius 2 is 1.97 bits per heavy atom. The second-order valence-corrected chi connectivity index (χ2v) is 8.52. The van der Waals surface area contributed by atoms with Gasteiger partial charge in [0.25, 0.3) is 0 Å². The third-order valence-electron chi connectivity index (χ3n) is 6.21. The highest BCUT2D eigenvalue weighted by atomic mass is 16.5. The molecule has 2 aliphatic rings. The van der Waals surface area contributed by atoms with Crippen molar-refractivity contribution in [2.45, 2.75) is 38.3 Å². The quantitative estimate of drug-likeness (QED) is 0.769. The fourth-order valence-corrected chi connectivity index (χ4v) is 4.16. The van der Waals surface area contributed by atoms with Gasteiger partial charge in [-0.25, -0.2) is 4.98 Å². The number of hydrogen-bond donors (Lipinski definition) is 1. The maximum Gasteiger partial charge on any atom is 0.226 e. The number of rotatable bonds is 5. The number of hydrogen-bond acceptors (Lipinski definition) is 6. The van der Waals surface area contributed by atoms with Crippen LogP contribution in [0.25, 0.3) is 0 Å². The van der Waals surface area contributed by atoms with E-state index in [-0.39, 0.29) is 23.8 Å². The number of aromatic nitrogens is 1. The van der Waals surface area contributed by atoms with E-state index >= 15 is 0 Å². The van der Waals surface area contributed by atoms with Gasteiger partial charge in [0, 0.05) is 77.0 Å². The van der Waals surface area contributed by atoms with Crippen LogP contribution >= 0.6 is 0 Å². The zero-order chi connectivity index (χ0) is 21.5. The number of ether oxygens (including phenoxy) is 1. The number of carbonyl (C=O) groups is 2. The summed E-state index contributed by atoms with van der Waals surface area (Å²) in [5, 5.41) is 3.56. The highest BCUT2D eigenvalue weighted by Gasteiger charge is 2.31. The molecule has 1 aromatic heterocycles. The van der Waals surface area contributed by atoms with Crippen LogP contribution in [0, 0.1) is 5.92 Å². The highest BCUT2D eigenvalue weighted by Crippen LogP contribution is 2.21. The third kappa shape index (κ3) is 6.15. The van der Waals surface area contributed by atoms with Crippen LogP contribution in [-0.2, 0) is 16.1 Å². The number of pyridine rings is 1. The molecule has 0 saturated carbocycles. The number of amides is 2. The van der Waals surface area contributed by atoms with Crippen molar-refractivity contribution in [1.82, 2.24) is 25.0 Å². The minimum Gasteiger partial charge on any atom is -0.481 e. The standard InChI is InChI=1S/C22H35N5O3/c1-25-9-11-27(12-10-25)22(29)18-5-4-6-19(16-26(2)21(28)13-18)23-14-17-7-8-20(30-3)24-15-17/h7-8,15,18-19,23H,4-6,9-14,16H2,1-3H3/t18-,19-/m1/s1. The maximum atomic E-state index is 13.0. The number of piperazine rings is 1. The Kier molecular flexibility index (Phi) is 8.04. The van der Waals surface area contributed by atoms with E-state index in [0.717, 1.165) is 51.0 Å². The van der Waals surface area contributed by atoms with Gasteiger partial charge in [0.1, 0.15) is 0 Å². The Bertz CT molecular complexity index is 703. The van der Waals surface area contributed by atoms with Crippen LogP contribution in [0.4, 0.5) is 0 Å². The molecule has 8 heteroatoms. The molecule has 2 aliphatic heterocycles. The monoisotopic (exact) mass is 417 g/mol. The Morgan fingerprint density at radius 3 is 2.63 bits per heavy atom. The minimum absolute atomic E-state index is 0.0577. The van der Waals surface area contributed by atoms with Crippen molar-refractivity contribution < 1.29 is 14.3 Å². The van der Waals surface area contributed by atoms with Crippen molar-refractivity contribution in [3.8, 4) is 5.88 Å². The first-order valence-electron chi connectivity index (χ1n) is 10.9. The molecular weight excluding hydrogens is 382 g/mol. The molecule has 0 aromatic carbocycles. The zero-order valence-corrected chi connectivity index (χ0v) is 18.5. The van der Waals surface area contributed by atoms with Gasteiger partial charge in [-0.1, -0.05) is 12.5 Å². The molecule has 30 heavy (non-hydrogen) atoms. The molecule has 3 heterocycles. The van der Waals surface area contributed by atoms with E-state index in [1.807, 2.05) is 24.1 Å². The molecule has 166 valence electrons. The van der Waals surface area contributed by atoms with Crippen molar-refractivity contribution >= 4 is 11.8 Å². The van der Waals surface area contributed by atoms with E-state index in [4.69, 9.17) is 4.74 Å². The summed E-state index contributed by atoms with van der Waals surface area (Å²) in [7, 11) is 5.52. The molecule has 0 unspecified atom stereocenters. The molecule has 0 spiro atoms. The summed E-state index contributed by atoms with van der Waals surface area (Å²) in [6.45, 7) is 4.66. The van der Waals surface area contributed by atoms with Gasteiger partial charge >= 0.3 is 0 Å². The average Bonchev–Trinajstić information content (AvgIpc) is 2.82. The number of nitrogens with one attached hydrogen (secondary N) is 1. The number of carbonyl (C=O) groups excluding carboxylic acids is 2. The van der Waals surface area contributed by atoms with Crippen LogP contribution < -0.4 is 10.1 Å². The van der Waals surface area contributed by atoms with Gasteiger partial charge in [-0.05, 0) is 25.5 Å². The predicted molar refractivity (Wildman–Crippen MR) is 115 cm³/mol. The zero-order valence-electron chi connectivity index (χ0n) is 18.5. The smallest absolute Gasteiger partial charge is 0.226 e. The van der Waals surface area contributed by atoms with Gasteiger partial charge in [0.2, 0.25) is 17.7 Å². The fraction of sp³-hybridized carbons (Fsp3) is 0.682. The summed E-state index contributed by atoms with van der Waals surface area (Å²) in [6, 6.07) is 4.04. The number of nitrogens with zero attached hydrogens (tertiary/aromatic N) is 4. The summed E-state index contributed by atoms with van der Waals surface area (Å²) in [6.07, 6.45) is 4.77. The molecule has 3 rings (SSSR count). The summed E-state index contributed by atoms with van der Waals surface area (Å²) in [4.78, 5) is 36.0. The molecule has 0 bridgehead atoms. The van der Waals surface area contributed by atoms with E-state index in [0.29, 0.717) is 25.4 Å². The lowest BCUT2D eigenvalue weighted by Crippen LogP contribution is -2.49. The molecule has 2 saturated heterocycles. The second kappa shape index (κ2) is 10.7. The first-order valence-corrected chi connectivity index (χ1v) is 10.9. The van der Waals surface area contributed by atoms with Gasteiger partial charge in [-0.15, -0.1) is 0 Å². The number of methoxy groups -OCH3 is 1. The Labute approximate surface area is 179 Å². The lowest BCUT2D eigenvalue weighted by Gasteiger charge is -2.34. The van der Waals surface area contributed by atoms with E-state index in [9.17, 15) is 9.59 Å². The summed E-state index contributed by atoms with van der Waals surface area (Å²) in [5.74, 6) is 0.610. The van der Waals surface area contributed by atoms with Crippen LogP contribution in [0.15, 0.2) is 18.3 Å². The van der Waals surface area contributed by atoms with Crippen molar-refractivity contribution in [3.63, 3.8) is 0 Å². The first kappa shape index (κ1) is 22.5. The maximum absolute atomic E-state index is 13.0. The molecule has 0 aliphatic carbocycles. The molecule has 1 N–H and O–H groups in total. The number of likely N-dealkylation sites (N-methyl/N-ethyl adjacent to an activating group) is 2.